The van der Waals surface area contributed by atoms with Gasteiger partial charge in [0.25, 0.3) is 5.91 Å². The molecule has 1 aliphatic heterocycles. The van der Waals surface area contributed by atoms with Crippen LogP contribution in [0.5, 0.6) is 0 Å². The molecule has 0 unspecified atom stereocenters. The largest absolute Gasteiger partial charge is 0.356 e. The van der Waals surface area contributed by atoms with Gasteiger partial charge in [0, 0.05) is 35.2 Å². The summed E-state index contributed by atoms with van der Waals surface area (Å²) in [5.74, 6) is -0.0933. The minimum atomic E-state index is -3.52. The van der Waals surface area contributed by atoms with Gasteiger partial charge in [0.1, 0.15) is 0 Å². The molecule has 0 bridgehead atoms. The number of aromatic amines is 1. The Bertz CT molecular complexity index is 1130. The van der Waals surface area contributed by atoms with Crippen LogP contribution in [-0.4, -0.2) is 37.3 Å². The van der Waals surface area contributed by atoms with E-state index >= 15 is 0 Å². The van der Waals surface area contributed by atoms with Crippen LogP contribution >= 0.6 is 0 Å². The Morgan fingerprint density at radius 1 is 1.18 bits per heavy atom. The van der Waals surface area contributed by atoms with Gasteiger partial charge in [-0.2, -0.15) is 0 Å². The molecule has 7 heteroatoms. The number of amides is 1. The number of hydrogen-bond acceptors (Lipinski definition) is 3. The molecule has 0 fully saturated rings. The van der Waals surface area contributed by atoms with Crippen LogP contribution in [0.3, 0.4) is 0 Å². The first-order valence-corrected chi connectivity index (χ1v) is 10.9. The lowest BCUT2D eigenvalue weighted by molar-refractivity contribution is 0.0674. The molecule has 0 spiro atoms. The summed E-state index contributed by atoms with van der Waals surface area (Å²) in [7, 11) is -3.52. The number of carbonyl (C=O) groups is 1. The first-order chi connectivity index (χ1) is 13.4. The minimum Gasteiger partial charge on any atom is -0.356 e. The Morgan fingerprint density at radius 2 is 1.89 bits per heavy atom. The topological polar surface area (TPSA) is 82.3 Å². The van der Waals surface area contributed by atoms with Gasteiger partial charge in [-0.05, 0) is 49.2 Å². The molecule has 0 radical (unpaired) electrons. The van der Waals surface area contributed by atoms with Crippen molar-refractivity contribution in [2.24, 2.45) is 0 Å². The minimum absolute atomic E-state index is 0.0752. The number of carbonyl (C=O) groups excluding carboxylic acids is 1. The summed E-state index contributed by atoms with van der Waals surface area (Å²) < 4.78 is 26.6. The average molecular weight is 398 g/mol. The molecule has 0 aliphatic carbocycles. The van der Waals surface area contributed by atoms with Crippen LogP contribution in [0.4, 0.5) is 0 Å². The van der Waals surface area contributed by atoms with E-state index in [9.17, 15) is 13.2 Å². The van der Waals surface area contributed by atoms with Crippen molar-refractivity contribution < 1.29 is 13.2 Å². The standard InChI is InChI=1S/C21H23N3O3S/c1-3-22-28(26,27)16-10-8-15(9-11-16)21(25)24-13-12-18-17-6-4-5-7-19(17)23-20(18)14(24)2/h4-11,14,22-23H,3,12-13H2,1-2H3/t14-/m1/s1. The molecule has 2 heterocycles. The van der Waals surface area contributed by atoms with Crippen LogP contribution < -0.4 is 4.72 Å². The molecule has 146 valence electrons. The van der Waals surface area contributed by atoms with Crippen molar-refractivity contribution in [3.05, 3.63) is 65.4 Å². The first-order valence-electron chi connectivity index (χ1n) is 9.42. The molecule has 0 saturated carbocycles. The molecule has 1 aliphatic rings. The van der Waals surface area contributed by atoms with E-state index in [1.807, 2.05) is 24.0 Å². The highest BCUT2D eigenvalue weighted by molar-refractivity contribution is 7.89. The summed E-state index contributed by atoms with van der Waals surface area (Å²) in [5.41, 5.74) is 3.93. The van der Waals surface area contributed by atoms with Crippen molar-refractivity contribution in [2.45, 2.75) is 31.2 Å². The number of aromatic nitrogens is 1. The van der Waals surface area contributed by atoms with Gasteiger partial charge in [-0.25, -0.2) is 13.1 Å². The van der Waals surface area contributed by atoms with E-state index in [4.69, 9.17) is 0 Å². The third kappa shape index (κ3) is 3.10. The highest BCUT2D eigenvalue weighted by atomic mass is 32.2. The second kappa shape index (κ2) is 7.07. The summed E-state index contributed by atoms with van der Waals surface area (Å²) >= 11 is 0. The maximum atomic E-state index is 13.1. The van der Waals surface area contributed by atoms with Crippen molar-refractivity contribution in [1.82, 2.24) is 14.6 Å². The van der Waals surface area contributed by atoms with Crippen molar-refractivity contribution in [3.8, 4) is 0 Å². The molecule has 4 rings (SSSR count). The maximum Gasteiger partial charge on any atom is 0.254 e. The van der Waals surface area contributed by atoms with Gasteiger partial charge in [0.2, 0.25) is 10.0 Å². The zero-order valence-electron chi connectivity index (χ0n) is 15.9. The number of hydrogen-bond donors (Lipinski definition) is 2. The van der Waals surface area contributed by atoms with Crippen LogP contribution in [0.15, 0.2) is 53.4 Å². The third-order valence-electron chi connectivity index (χ3n) is 5.34. The lowest BCUT2D eigenvalue weighted by Crippen LogP contribution is -2.38. The summed E-state index contributed by atoms with van der Waals surface area (Å²) in [4.78, 5) is 18.5. The maximum absolute atomic E-state index is 13.1. The zero-order chi connectivity index (χ0) is 19.9. The SMILES string of the molecule is CCNS(=O)(=O)c1ccc(C(=O)N2CCc3c([nH]c4ccccc34)[C@H]2C)cc1. The normalized spacial score (nSPS) is 16.9. The van der Waals surface area contributed by atoms with E-state index in [1.54, 1.807) is 19.1 Å². The fourth-order valence-corrected chi connectivity index (χ4v) is 4.96. The monoisotopic (exact) mass is 397 g/mol. The fourth-order valence-electron chi connectivity index (χ4n) is 3.92. The van der Waals surface area contributed by atoms with Crippen molar-refractivity contribution in [3.63, 3.8) is 0 Å². The predicted octanol–water partition coefficient (Wildman–Crippen LogP) is 3.23. The Kier molecular flexibility index (Phi) is 4.72. The van der Waals surface area contributed by atoms with Crippen LogP contribution in [0.1, 0.15) is 41.5 Å². The van der Waals surface area contributed by atoms with Crippen LogP contribution in [0.2, 0.25) is 0 Å². The number of para-hydroxylation sites is 1. The Labute approximate surface area is 164 Å². The van der Waals surface area contributed by atoms with E-state index in [2.05, 4.69) is 21.8 Å². The van der Waals surface area contributed by atoms with Gasteiger partial charge < -0.3 is 9.88 Å². The van der Waals surface area contributed by atoms with E-state index < -0.39 is 10.0 Å². The van der Waals surface area contributed by atoms with Gasteiger partial charge in [-0.15, -0.1) is 0 Å². The lowest BCUT2D eigenvalue weighted by atomic mass is 9.97. The van der Waals surface area contributed by atoms with Gasteiger partial charge in [-0.1, -0.05) is 25.1 Å². The number of H-pyrrole nitrogens is 1. The zero-order valence-corrected chi connectivity index (χ0v) is 16.7. The molecular weight excluding hydrogens is 374 g/mol. The highest BCUT2D eigenvalue weighted by Crippen LogP contribution is 2.34. The summed E-state index contributed by atoms with van der Waals surface area (Å²) in [6.45, 7) is 4.70. The van der Waals surface area contributed by atoms with Crippen molar-refractivity contribution in [2.75, 3.05) is 13.1 Å². The Balaban J connectivity index is 1.60. The van der Waals surface area contributed by atoms with Crippen molar-refractivity contribution in [1.29, 1.82) is 0 Å². The van der Waals surface area contributed by atoms with Crippen LogP contribution in [-0.2, 0) is 16.4 Å². The number of benzene rings is 2. The first kappa shape index (κ1) is 18.7. The van der Waals surface area contributed by atoms with Crippen LogP contribution in [0.25, 0.3) is 10.9 Å². The summed E-state index contributed by atoms with van der Waals surface area (Å²) in [6, 6.07) is 14.2. The molecule has 6 nitrogen and oxygen atoms in total. The van der Waals surface area contributed by atoms with E-state index in [-0.39, 0.29) is 16.8 Å². The molecule has 1 atom stereocenters. The molecule has 2 aromatic carbocycles. The Hall–Kier alpha value is -2.64. The second-order valence-corrected chi connectivity index (χ2v) is 8.78. The molecule has 0 saturated heterocycles. The van der Waals surface area contributed by atoms with Gasteiger partial charge in [0.05, 0.1) is 10.9 Å². The lowest BCUT2D eigenvalue weighted by Gasteiger charge is -2.33. The number of sulfonamides is 1. The summed E-state index contributed by atoms with van der Waals surface area (Å²) in [5, 5.41) is 1.22. The van der Waals surface area contributed by atoms with Gasteiger partial charge in [-0.3, -0.25) is 4.79 Å². The van der Waals surface area contributed by atoms with Crippen molar-refractivity contribution >= 4 is 26.8 Å². The Morgan fingerprint density at radius 3 is 2.61 bits per heavy atom. The average Bonchev–Trinajstić information content (AvgIpc) is 3.08. The van der Waals surface area contributed by atoms with E-state index in [0.29, 0.717) is 18.7 Å². The van der Waals surface area contributed by atoms with Gasteiger partial charge >= 0.3 is 0 Å². The van der Waals surface area contributed by atoms with Gasteiger partial charge in [0.15, 0.2) is 0 Å². The number of rotatable bonds is 4. The quantitative estimate of drug-likeness (QED) is 0.709. The second-order valence-electron chi connectivity index (χ2n) is 7.01. The molecular formula is C21H23N3O3S. The van der Waals surface area contributed by atoms with E-state index in [1.165, 1.54) is 23.1 Å². The molecule has 3 aromatic rings. The molecule has 28 heavy (non-hydrogen) atoms. The third-order valence-corrected chi connectivity index (χ3v) is 6.90. The smallest absolute Gasteiger partial charge is 0.254 e. The summed E-state index contributed by atoms with van der Waals surface area (Å²) in [6.07, 6.45) is 0.794. The van der Waals surface area contributed by atoms with E-state index in [0.717, 1.165) is 17.6 Å². The molecule has 1 aromatic heterocycles. The number of fused-ring (bicyclic) bond motifs is 3. The number of nitrogens with zero attached hydrogens (tertiary/aromatic N) is 1. The predicted molar refractivity (Wildman–Crippen MR) is 109 cm³/mol. The fraction of sp³-hybridized carbons (Fsp3) is 0.286. The molecule has 1 amide bonds. The van der Waals surface area contributed by atoms with Crippen LogP contribution in [0, 0.1) is 0 Å². The molecule has 2 N–H and O–H groups in total. The highest BCUT2D eigenvalue weighted by Gasteiger charge is 2.30. The number of nitrogens with one attached hydrogen (secondary N) is 2.